The van der Waals surface area contributed by atoms with E-state index in [4.69, 9.17) is 10.5 Å². The van der Waals surface area contributed by atoms with E-state index in [-0.39, 0.29) is 6.04 Å². The van der Waals surface area contributed by atoms with Gasteiger partial charge in [-0.05, 0) is 37.1 Å². The minimum absolute atomic E-state index is 0.206. The Kier molecular flexibility index (Phi) is 6.26. The predicted octanol–water partition coefficient (Wildman–Crippen LogP) is 3.10. The van der Waals surface area contributed by atoms with Crippen LogP contribution in [0.15, 0.2) is 53.5 Å². The van der Waals surface area contributed by atoms with Crippen LogP contribution in [0.4, 0.5) is 5.69 Å². The zero-order valence-electron chi connectivity index (χ0n) is 15.6. The van der Waals surface area contributed by atoms with Crippen LogP contribution >= 0.6 is 0 Å². The third kappa shape index (κ3) is 5.07. The molecule has 0 aromatic heterocycles. The van der Waals surface area contributed by atoms with Crippen molar-refractivity contribution in [2.24, 2.45) is 10.7 Å². The molecule has 0 amide bonds. The molecule has 0 radical (unpaired) electrons. The number of ether oxygens (including phenoxy) is 1. The maximum atomic E-state index is 6.13. The number of aryl methyl sites for hydroxylation is 2. The summed E-state index contributed by atoms with van der Waals surface area (Å²) < 4.78 is 5.51. The van der Waals surface area contributed by atoms with E-state index in [0.717, 1.165) is 32.0 Å². The van der Waals surface area contributed by atoms with E-state index in [9.17, 15) is 0 Å². The molecule has 26 heavy (non-hydrogen) atoms. The summed E-state index contributed by atoms with van der Waals surface area (Å²) in [6, 6.07) is 17.0. The van der Waals surface area contributed by atoms with Gasteiger partial charge in [-0.3, -0.25) is 9.89 Å². The van der Waals surface area contributed by atoms with Crippen LogP contribution in [0.2, 0.25) is 0 Å². The average Bonchev–Trinajstić information content (AvgIpc) is 2.64. The van der Waals surface area contributed by atoms with Gasteiger partial charge in [-0.1, -0.05) is 42.0 Å². The molecular formula is C21H28N4O. The first-order valence-electron chi connectivity index (χ1n) is 9.14. The maximum absolute atomic E-state index is 6.13. The summed E-state index contributed by atoms with van der Waals surface area (Å²) in [6.07, 6.45) is 0. The van der Waals surface area contributed by atoms with Gasteiger partial charge in [0.25, 0.3) is 0 Å². The molecule has 1 heterocycles. The third-order valence-electron chi connectivity index (χ3n) is 4.67. The Hall–Kier alpha value is -2.37. The van der Waals surface area contributed by atoms with Gasteiger partial charge in [-0.2, -0.15) is 0 Å². The normalized spacial score (nSPS) is 17.1. The van der Waals surface area contributed by atoms with Crippen LogP contribution < -0.4 is 11.1 Å². The minimum atomic E-state index is 0.206. The van der Waals surface area contributed by atoms with Crippen LogP contribution in [-0.2, 0) is 4.74 Å². The number of anilines is 1. The van der Waals surface area contributed by atoms with Gasteiger partial charge in [-0.25, -0.2) is 0 Å². The Morgan fingerprint density at radius 2 is 1.85 bits per heavy atom. The highest BCUT2D eigenvalue weighted by molar-refractivity contribution is 5.92. The summed E-state index contributed by atoms with van der Waals surface area (Å²) in [6.45, 7) is 8.15. The molecule has 1 aliphatic rings. The number of nitrogens with zero attached hydrogens (tertiary/aromatic N) is 2. The quantitative estimate of drug-likeness (QED) is 0.641. The first-order chi connectivity index (χ1) is 12.6. The molecule has 0 saturated carbocycles. The lowest BCUT2D eigenvalue weighted by molar-refractivity contribution is 0.0180. The lowest BCUT2D eigenvalue weighted by Crippen LogP contribution is -2.40. The van der Waals surface area contributed by atoms with Crippen molar-refractivity contribution in [1.82, 2.24) is 4.90 Å². The van der Waals surface area contributed by atoms with Crippen LogP contribution in [-0.4, -0.2) is 43.7 Å². The van der Waals surface area contributed by atoms with Crippen LogP contribution in [0.5, 0.6) is 0 Å². The smallest absolute Gasteiger partial charge is 0.193 e. The third-order valence-corrected chi connectivity index (χ3v) is 4.67. The Balaban J connectivity index is 1.72. The van der Waals surface area contributed by atoms with Gasteiger partial charge in [0.2, 0.25) is 0 Å². The van der Waals surface area contributed by atoms with Crippen molar-refractivity contribution in [2.45, 2.75) is 19.9 Å². The van der Waals surface area contributed by atoms with Gasteiger partial charge in [0.15, 0.2) is 5.96 Å². The lowest BCUT2D eigenvalue weighted by atomic mass is 10.0. The Bertz CT molecular complexity index is 736. The van der Waals surface area contributed by atoms with Crippen LogP contribution in [0.1, 0.15) is 22.7 Å². The molecule has 0 aliphatic carbocycles. The Morgan fingerprint density at radius 1 is 1.12 bits per heavy atom. The van der Waals surface area contributed by atoms with E-state index in [1.165, 1.54) is 16.7 Å². The second-order valence-corrected chi connectivity index (χ2v) is 6.80. The van der Waals surface area contributed by atoms with E-state index in [1.807, 2.05) is 12.1 Å². The molecule has 1 unspecified atom stereocenters. The highest BCUT2D eigenvalue weighted by Gasteiger charge is 2.22. The number of hydrogen-bond acceptors (Lipinski definition) is 3. The molecular weight excluding hydrogens is 324 g/mol. The van der Waals surface area contributed by atoms with Crippen LogP contribution in [0, 0.1) is 13.8 Å². The summed E-state index contributed by atoms with van der Waals surface area (Å²) in [7, 11) is 0. The van der Waals surface area contributed by atoms with Crippen molar-refractivity contribution in [2.75, 3.05) is 38.2 Å². The van der Waals surface area contributed by atoms with Crippen molar-refractivity contribution in [3.05, 3.63) is 65.2 Å². The average molecular weight is 352 g/mol. The summed E-state index contributed by atoms with van der Waals surface area (Å²) >= 11 is 0. The molecule has 1 saturated heterocycles. The van der Waals surface area contributed by atoms with Gasteiger partial charge in [-0.15, -0.1) is 0 Å². The maximum Gasteiger partial charge on any atom is 0.193 e. The fourth-order valence-electron chi connectivity index (χ4n) is 3.20. The monoisotopic (exact) mass is 352 g/mol. The summed E-state index contributed by atoms with van der Waals surface area (Å²) in [4.78, 5) is 7.05. The molecule has 3 rings (SSSR count). The number of nitrogens with two attached hydrogens (primary N) is 1. The highest BCUT2D eigenvalue weighted by Crippen LogP contribution is 2.23. The van der Waals surface area contributed by atoms with E-state index in [2.05, 4.69) is 65.5 Å². The molecule has 3 N–H and O–H groups in total. The van der Waals surface area contributed by atoms with Gasteiger partial charge >= 0.3 is 0 Å². The molecule has 0 bridgehead atoms. The van der Waals surface area contributed by atoms with Crippen molar-refractivity contribution >= 4 is 11.6 Å². The number of benzene rings is 2. The van der Waals surface area contributed by atoms with Crippen LogP contribution in [0.25, 0.3) is 0 Å². The molecule has 1 aliphatic heterocycles. The Morgan fingerprint density at radius 3 is 2.54 bits per heavy atom. The lowest BCUT2D eigenvalue weighted by Gasteiger charge is -2.34. The minimum Gasteiger partial charge on any atom is -0.379 e. The fraction of sp³-hybridized carbons (Fsp3) is 0.381. The topological polar surface area (TPSA) is 62.9 Å². The first kappa shape index (κ1) is 18.4. The second kappa shape index (κ2) is 8.83. The first-order valence-corrected chi connectivity index (χ1v) is 9.14. The molecule has 1 atom stereocenters. The molecule has 138 valence electrons. The molecule has 5 heteroatoms. The van der Waals surface area contributed by atoms with Crippen molar-refractivity contribution in [1.29, 1.82) is 0 Å². The summed E-state index contributed by atoms with van der Waals surface area (Å²) in [5, 5.41) is 3.19. The van der Waals surface area contributed by atoms with Crippen molar-refractivity contribution < 1.29 is 4.74 Å². The summed E-state index contributed by atoms with van der Waals surface area (Å²) in [5.41, 5.74) is 10.8. The predicted molar refractivity (Wildman–Crippen MR) is 108 cm³/mol. The number of morpholine rings is 1. The zero-order chi connectivity index (χ0) is 18.4. The molecule has 0 spiro atoms. The number of aliphatic imine (C=N–C) groups is 1. The van der Waals surface area contributed by atoms with E-state index >= 15 is 0 Å². The van der Waals surface area contributed by atoms with Gasteiger partial charge in [0, 0.05) is 18.8 Å². The van der Waals surface area contributed by atoms with Gasteiger partial charge in [0.1, 0.15) is 0 Å². The summed E-state index contributed by atoms with van der Waals surface area (Å²) in [5.74, 6) is 0.445. The van der Waals surface area contributed by atoms with E-state index in [0.29, 0.717) is 12.5 Å². The molecule has 1 fully saturated rings. The standard InChI is InChI=1S/C21H28N4O/c1-16-6-8-18(9-7-16)20(25-10-12-26-13-11-25)15-23-21(22)24-19-5-3-4-17(2)14-19/h3-9,14,20H,10-13,15H2,1-2H3,(H3,22,23,24). The SMILES string of the molecule is Cc1ccc(C(CN=C(N)Nc2cccc(C)c2)N2CCOCC2)cc1. The van der Waals surface area contributed by atoms with Crippen molar-refractivity contribution in [3.8, 4) is 0 Å². The molecule has 2 aromatic carbocycles. The van der Waals surface area contributed by atoms with Crippen LogP contribution in [0.3, 0.4) is 0 Å². The number of rotatable bonds is 5. The Labute approximate surface area is 155 Å². The largest absolute Gasteiger partial charge is 0.379 e. The van der Waals surface area contributed by atoms with Gasteiger partial charge < -0.3 is 15.8 Å². The zero-order valence-corrected chi connectivity index (χ0v) is 15.6. The second-order valence-electron chi connectivity index (χ2n) is 6.80. The van der Waals surface area contributed by atoms with E-state index < -0.39 is 0 Å². The van der Waals surface area contributed by atoms with Gasteiger partial charge in [0.05, 0.1) is 25.8 Å². The molecule has 2 aromatic rings. The fourth-order valence-corrected chi connectivity index (χ4v) is 3.20. The van der Waals surface area contributed by atoms with Crippen molar-refractivity contribution in [3.63, 3.8) is 0 Å². The number of nitrogens with one attached hydrogen (secondary N) is 1. The van der Waals surface area contributed by atoms with E-state index in [1.54, 1.807) is 0 Å². The molecule has 5 nitrogen and oxygen atoms in total. The number of guanidine groups is 1. The number of hydrogen-bond donors (Lipinski definition) is 2. The highest BCUT2D eigenvalue weighted by atomic mass is 16.5.